The molecule has 0 saturated carbocycles. The van der Waals surface area contributed by atoms with E-state index in [2.05, 4.69) is 5.32 Å². The van der Waals surface area contributed by atoms with Crippen LogP contribution >= 0.6 is 0 Å². The van der Waals surface area contributed by atoms with E-state index < -0.39 is 12.0 Å². The lowest BCUT2D eigenvalue weighted by molar-refractivity contribution is -0.144. The van der Waals surface area contributed by atoms with Gasteiger partial charge in [-0.1, -0.05) is 0 Å². The molecule has 16 heavy (non-hydrogen) atoms. The first kappa shape index (κ1) is 13.0. The predicted molar refractivity (Wildman–Crippen MR) is 60.1 cm³/mol. The molecule has 0 aromatic heterocycles. The molecule has 5 nitrogen and oxygen atoms in total. The fourth-order valence-electron chi connectivity index (χ4n) is 2.18. The second kappa shape index (κ2) is 4.82. The highest BCUT2D eigenvalue weighted by atomic mass is 16.4. The number of nitrogens with one attached hydrogen (secondary N) is 1. The van der Waals surface area contributed by atoms with E-state index in [0.717, 1.165) is 6.42 Å². The molecule has 1 amide bonds. The van der Waals surface area contributed by atoms with Crippen LogP contribution < -0.4 is 5.32 Å². The molecule has 0 radical (unpaired) electrons. The Labute approximate surface area is 95.8 Å². The number of nitrogens with zero attached hydrogens (tertiary/aromatic N) is 1. The minimum Gasteiger partial charge on any atom is -0.481 e. The van der Waals surface area contributed by atoms with Gasteiger partial charge in [-0.15, -0.1) is 0 Å². The van der Waals surface area contributed by atoms with E-state index in [9.17, 15) is 9.59 Å². The molecule has 2 N–H and O–H groups in total. The summed E-state index contributed by atoms with van der Waals surface area (Å²) in [6.07, 6.45) is 0.689. The maximum Gasteiger partial charge on any atom is 0.305 e. The summed E-state index contributed by atoms with van der Waals surface area (Å²) in [7, 11) is 0. The van der Waals surface area contributed by atoms with Crippen LogP contribution in [0.4, 0.5) is 0 Å². The average molecular weight is 228 g/mol. The third-order valence-corrected chi connectivity index (χ3v) is 3.12. The van der Waals surface area contributed by atoms with Crippen molar-refractivity contribution < 1.29 is 14.7 Å². The van der Waals surface area contributed by atoms with E-state index in [1.54, 1.807) is 4.90 Å². The molecular formula is C11H20N2O3. The van der Waals surface area contributed by atoms with E-state index in [-0.39, 0.29) is 17.9 Å². The highest BCUT2D eigenvalue weighted by Gasteiger charge is 2.37. The zero-order valence-electron chi connectivity index (χ0n) is 10.1. The van der Waals surface area contributed by atoms with Crippen LogP contribution in [-0.4, -0.2) is 46.6 Å². The van der Waals surface area contributed by atoms with Gasteiger partial charge in [0.25, 0.3) is 0 Å². The summed E-state index contributed by atoms with van der Waals surface area (Å²) >= 11 is 0. The molecule has 1 saturated heterocycles. The fraction of sp³-hybridized carbons (Fsp3) is 0.818. The molecule has 5 heteroatoms. The third-order valence-electron chi connectivity index (χ3n) is 3.12. The van der Waals surface area contributed by atoms with Crippen molar-refractivity contribution in [3.8, 4) is 0 Å². The Morgan fingerprint density at radius 2 is 2.25 bits per heavy atom. The number of aliphatic carboxylic acids is 1. The monoisotopic (exact) mass is 228 g/mol. The first-order valence-corrected chi connectivity index (χ1v) is 5.65. The van der Waals surface area contributed by atoms with Gasteiger partial charge in [0.1, 0.15) is 0 Å². The number of likely N-dealkylation sites (N-methyl/N-ethyl adjacent to an activating group) is 1. The van der Waals surface area contributed by atoms with E-state index in [1.165, 1.54) is 0 Å². The van der Waals surface area contributed by atoms with Gasteiger partial charge in [-0.2, -0.15) is 0 Å². The third kappa shape index (κ3) is 2.72. The van der Waals surface area contributed by atoms with Gasteiger partial charge in [-0.25, -0.2) is 0 Å². The SMILES string of the molecule is CCN1C(=O)C(CC(=O)O)NCCC1(C)C. The van der Waals surface area contributed by atoms with Crippen molar-refractivity contribution in [2.24, 2.45) is 0 Å². The van der Waals surface area contributed by atoms with Crippen LogP contribution in [0.2, 0.25) is 0 Å². The van der Waals surface area contributed by atoms with Gasteiger partial charge in [0.2, 0.25) is 5.91 Å². The highest BCUT2D eigenvalue weighted by molar-refractivity contribution is 5.87. The lowest BCUT2D eigenvalue weighted by Crippen LogP contribution is -2.51. The Hall–Kier alpha value is -1.10. The number of carbonyl (C=O) groups excluding carboxylic acids is 1. The smallest absolute Gasteiger partial charge is 0.305 e. The second-order valence-corrected chi connectivity index (χ2v) is 4.75. The zero-order chi connectivity index (χ0) is 12.3. The van der Waals surface area contributed by atoms with E-state index in [0.29, 0.717) is 13.1 Å². The summed E-state index contributed by atoms with van der Waals surface area (Å²) < 4.78 is 0. The maximum atomic E-state index is 12.1. The predicted octanol–water partition coefficient (Wildman–Crippen LogP) is 0.450. The number of rotatable bonds is 3. The number of carbonyl (C=O) groups is 2. The van der Waals surface area contributed by atoms with Crippen LogP contribution in [0.25, 0.3) is 0 Å². The Kier molecular flexibility index (Phi) is 3.91. The van der Waals surface area contributed by atoms with Crippen molar-refractivity contribution in [3.63, 3.8) is 0 Å². The van der Waals surface area contributed by atoms with Crippen LogP contribution in [0.3, 0.4) is 0 Å². The quantitative estimate of drug-likeness (QED) is 0.736. The first-order chi connectivity index (χ1) is 7.38. The normalized spacial score (nSPS) is 25.3. The number of hydrogen-bond donors (Lipinski definition) is 2. The molecule has 1 heterocycles. The van der Waals surface area contributed by atoms with E-state index in [1.807, 2.05) is 20.8 Å². The van der Waals surface area contributed by atoms with Crippen molar-refractivity contribution in [1.82, 2.24) is 10.2 Å². The standard InChI is InChI=1S/C11H20N2O3/c1-4-13-10(16)8(7-9(14)15)12-6-5-11(13,2)3/h8,12H,4-7H2,1-3H3,(H,14,15). The molecule has 0 bridgehead atoms. The molecule has 1 aliphatic heterocycles. The largest absolute Gasteiger partial charge is 0.481 e. The molecule has 1 aliphatic rings. The van der Waals surface area contributed by atoms with Gasteiger partial charge in [0.15, 0.2) is 0 Å². The molecule has 1 fully saturated rings. The number of carboxylic acids is 1. The molecular weight excluding hydrogens is 208 g/mol. The molecule has 1 unspecified atom stereocenters. The van der Waals surface area contributed by atoms with Gasteiger partial charge in [0, 0.05) is 12.1 Å². The summed E-state index contributed by atoms with van der Waals surface area (Å²) in [6.45, 7) is 7.23. The number of hydrogen-bond acceptors (Lipinski definition) is 3. The second-order valence-electron chi connectivity index (χ2n) is 4.75. The molecule has 0 aromatic carbocycles. The molecule has 92 valence electrons. The van der Waals surface area contributed by atoms with Gasteiger partial charge in [0.05, 0.1) is 12.5 Å². The lowest BCUT2D eigenvalue weighted by atomic mass is 9.98. The summed E-state index contributed by atoms with van der Waals surface area (Å²) in [6, 6.07) is -0.584. The molecule has 0 spiro atoms. The maximum absolute atomic E-state index is 12.1. The average Bonchev–Trinajstić information content (AvgIpc) is 2.24. The number of carboxylic acid groups (broad SMARTS) is 1. The Balaban J connectivity index is 2.85. The van der Waals surface area contributed by atoms with E-state index >= 15 is 0 Å². The first-order valence-electron chi connectivity index (χ1n) is 5.65. The van der Waals surface area contributed by atoms with Crippen molar-refractivity contribution in [3.05, 3.63) is 0 Å². The summed E-state index contributed by atoms with van der Waals surface area (Å²) in [5.74, 6) is -1.05. The fourth-order valence-corrected chi connectivity index (χ4v) is 2.18. The van der Waals surface area contributed by atoms with Crippen LogP contribution in [0, 0.1) is 0 Å². The van der Waals surface area contributed by atoms with Crippen LogP contribution in [0.5, 0.6) is 0 Å². The van der Waals surface area contributed by atoms with Crippen molar-refractivity contribution >= 4 is 11.9 Å². The Morgan fingerprint density at radius 1 is 1.62 bits per heavy atom. The van der Waals surface area contributed by atoms with Gasteiger partial charge in [-0.3, -0.25) is 9.59 Å². The van der Waals surface area contributed by atoms with Crippen LogP contribution in [0.1, 0.15) is 33.6 Å². The van der Waals surface area contributed by atoms with Gasteiger partial charge < -0.3 is 15.3 Å². The highest BCUT2D eigenvalue weighted by Crippen LogP contribution is 2.22. The summed E-state index contributed by atoms with van der Waals surface area (Å²) in [4.78, 5) is 24.6. The van der Waals surface area contributed by atoms with Crippen molar-refractivity contribution in [2.75, 3.05) is 13.1 Å². The summed E-state index contributed by atoms with van der Waals surface area (Å²) in [5.41, 5.74) is -0.202. The van der Waals surface area contributed by atoms with Gasteiger partial charge >= 0.3 is 5.97 Å². The zero-order valence-corrected chi connectivity index (χ0v) is 10.1. The lowest BCUT2D eigenvalue weighted by Gasteiger charge is -2.37. The molecule has 1 rings (SSSR count). The minimum absolute atomic E-state index is 0.104. The van der Waals surface area contributed by atoms with Crippen molar-refractivity contribution in [2.45, 2.75) is 45.2 Å². The van der Waals surface area contributed by atoms with E-state index in [4.69, 9.17) is 5.11 Å². The van der Waals surface area contributed by atoms with Crippen LogP contribution in [0.15, 0.2) is 0 Å². The molecule has 0 aromatic rings. The Bertz CT molecular complexity index is 289. The van der Waals surface area contributed by atoms with Gasteiger partial charge in [-0.05, 0) is 33.7 Å². The Morgan fingerprint density at radius 3 is 2.75 bits per heavy atom. The topological polar surface area (TPSA) is 69.6 Å². The minimum atomic E-state index is -0.943. The summed E-state index contributed by atoms with van der Waals surface area (Å²) in [5, 5.41) is 11.8. The molecule has 1 atom stereocenters. The van der Waals surface area contributed by atoms with Crippen LogP contribution in [-0.2, 0) is 9.59 Å². The number of amides is 1. The molecule has 0 aliphatic carbocycles. The van der Waals surface area contributed by atoms with Crippen molar-refractivity contribution in [1.29, 1.82) is 0 Å².